The van der Waals surface area contributed by atoms with Gasteiger partial charge in [-0.25, -0.2) is 8.42 Å². The molecule has 0 saturated carbocycles. The zero-order chi connectivity index (χ0) is 14.6. The molecule has 0 fully saturated rings. The van der Waals surface area contributed by atoms with Crippen molar-refractivity contribution in [2.24, 2.45) is 0 Å². The average Bonchev–Trinajstić information content (AvgIpc) is 2.19. The van der Waals surface area contributed by atoms with Gasteiger partial charge in [0.05, 0.1) is 11.9 Å². The van der Waals surface area contributed by atoms with E-state index in [1.54, 1.807) is 0 Å². The first-order valence-corrected chi connectivity index (χ1v) is 6.80. The highest BCUT2D eigenvalue weighted by Gasteiger charge is 2.13. The van der Waals surface area contributed by atoms with Crippen molar-refractivity contribution in [2.75, 3.05) is 11.0 Å². The smallest absolute Gasteiger partial charge is 0.322 e. The molecule has 0 aromatic heterocycles. The van der Waals surface area contributed by atoms with Gasteiger partial charge >= 0.3 is 11.9 Å². The van der Waals surface area contributed by atoms with Crippen LogP contribution in [0, 0.1) is 0 Å². The number of hydrogen-bond acceptors (Lipinski definition) is 6. The van der Waals surface area contributed by atoms with E-state index in [4.69, 9.17) is 5.11 Å². The Morgan fingerprint density at radius 1 is 1.37 bits per heavy atom. The van der Waals surface area contributed by atoms with Crippen molar-refractivity contribution >= 4 is 27.6 Å². The molecule has 0 spiro atoms. The summed E-state index contributed by atoms with van der Waals surface area (Å²) in [5.74, 6) is -2.81. The summed E-state index contributed by atoms with van der Waals surface area (Å²) in [7, 11) is -3.61. The Labute approximate surface area is 108 Å². The Hall–Kier alpha value is -2.29. The van der Waals surface area contributed by atoms with E-state index in [0.717, 1.165) is 18.4 Å². The van der Waals surface area contributed by atoms with Gasteiger partial charge in [-0.15, -0.1) is 0 Å². The van der Waals surface area contributed by atoms with Gasteiger partial charge in [0.2, 0.25) is 10.0 Å². The van der Waals surface area contributed by atoms with Crippen LogP contribution in [-0.4, -0.2) is 36.8 Å². The fourth-order valence-electron chi connectivity index (χ4n) is 1.15. The molecule has 0 bridgehead atoms. The zero-order valence-electron chi connectivity index (χ0n) is 9.78. The highest BCUT2D eigenvalue weighted by molar-refractivity contribution is 7.92. The van der Waals surface area contributed by atoms with Gasteiger partial charge in [-0.05, 0) is 12.1 Å². The number of hydrogen-bond donors (Lipinski definition) is 3. The van der Waals surface area contributed by atoms with Crippen molar-refractivity contribution in [3.05, 3.63) is 18.2 Å². The fourth-order valence-corrected chi connectivity index (χ4v) is 1.71. The number of carboxylic acid groups (broad SMARTS) is 1. The highest BCUT2D eigenvalue weighted by Crippen LogP contribution is 2.28. The standard InChI is InChI=1S/C10H11NO7S/c1-19(16,17)11-7-4-6(2-3-8(7)12)18-10(15)5-9(13)14/h2-4,11-12H,5H2,1H3,(H,13,14). The monoisotopic (exact) mass is 289 g/mol. The molecule has 0 aliphatic carbocycles. The fraction of sp³-hybridized carbons (Fsp3) is 0.200. The quantitative estimate of drug-likeness (QED) is 0.304. The van der Waals surface area contributed by atoms with E-state index >= 15 is 0 Å². The molecule has 0 amide bonds. The number of nitrogens with one attached hydrogen (secondary N) is 1. The number of esters is 1. The van der Waals surface area contributed by atoms with Crippen LogP contribution in [-0.2, 0) is 19.6 Å². The van der Waals surface area contributed by atoms with Gasteiger partial charge in [-0.3, -0.25) is 14.3 Å². The van der Waals surface area contributed by atoms with Crippen LogP contribution in [0.2, 0.25) is 0 Å². The van der Waals surface area contributed by atoms with Gasteiger partial charge < -0.3 is 14.9 Å². The van der Waals surface area contributed by atoms with Gasteiger partial charge in [0.25, 0.3) is 0 Å². The van der Waals surface area contributed by atoms with Crippen molar-refractivity contribution in [2.45, 2.75) is 6.42 Å². The number of rotatable bonds is 5. The molecule has 0 radical (unpaired) electrons. The van der Waals surface area contributed by atoms with E-state index in [2.05, 4.69) is 4.74 Å². The first kappa shape index (κ1) is 14.8. The molecule has 0 aliphatic rings. The molecule has 0 unspecified atom stereocenters. The number of carbonyl (C=O) groups is 2. The number of aliphatic carboxylic acids is 1. The van der Waals surface area contributed by atoms with E-state index in [9.17, 15) is 23.1 Å². The summed E-state index contributed by atoms with van der Waals surface area (Å²) >= 11 is 0. The molecule has 104 valence electrons. The van der Waals surface area contributed by atoms with Gasteiger partial charge in [0, 0.05) is 6.07 Å². The maximum Gasteiger partial charge on any atom is 0.322 e. The molecule has 0 atom stereocenters. The Morgan fingerprint density at radius 2 is 2.00 bits per heavy atom. The molecular formula is C10H11NO7S. The molecule has 9 heteroatoms. The number of benzene rings is 1. The second-order valence-electron chi connectivity index (χ2n) is 3.60. The second kappa shape index (κ2) is 5.57. The van der Waals surface area contributed by atoms with Crippen LogP contribution in [0.25, 0.3) is 0 Å². The molecule has 1 aromatic carbocycles. The summed E-state index contributed by atoms with van der Waals surface area (Å²) in [6.07, 6.45) is 0.0608. The lowest BCUT2D eigenvalue weighted by Crippen LogP contribution is -2.14. The SMILES string of the molecule is CS(=O)(=O)Nc1cc(OC(=O)CC(=O)O)ccc1O. The van der Waals surface area contributed by atoms with Crippen molar-refractivity contribution in [1.82, 2.24) is 0 Å². The number of carbonyl (C=O) groups excluding carboxylic acids is 1. The van der Waals surface area contributed by atoms with Crippen LogP contribution in [0.1, 0.15) is 6.42 Å². The number of ether oxygens (including phenoxy) is 1. The minimum atomic E-state index is -3.61. The summed E-state index contributed by atoms with van der Waals surface area (Å²) in [5.41, 5.74) is -0.178. The van der Waals surface area contributed by atoms with Gasteiger partial charge in [-0.1, -0.05) is 0 Å². The van der Waals surface area contributed by atoms with E-state index in [0.29, 0.717) is 0 Å². The second-order valence-corrected chi connectivity index (χ2v) is 5.35. The van der Waals surface area contributed by atoms with Gasteiger partial charge in [0.15, 0.2) is 0 Å². The lowest BCUT2D eigenvalue weighted by atomic mass is 10.3. The molecule has 19 heavy (non-hydrogen) atoms. The van der Waals surface area contributed by atoms with E-state index in [1.165, 1.54) is 6.07 Å². The summed E-state index contributed by atoms with van der Waals surface area (Å²) in [6, 6.07) is 3.37. The topological polar surface area (TPSA) is 130 Å². The third kappa shape index (κ3) is 5.25. The molecule has 0 heterocycles. The van der Waals surface area contributed by atoms with Crippen molar-refractivity contribution in [3.8, 4) is 11.5 Å². The predicted octanol–water partition coefficient (Wildman–Crippen LogP) is 0.144. The Bertz CT molecular complexity index is 608. The molecule has 0 saturated heterocycles. The van der Waals surface area contributed by atoms with Crippen LogP contribution in [0.4, 0.5) is 5.69 Å². The van der Waals surface area contributed by atoms with Crippen molar-refractivity contribution in [3.63, 3.8) is 0 Å². The van der Waals surface area contributed by atoms with Gasteiger partial charge in [0.1, 0.15) is 17.9 Å². The summed E-state index contributed by atoms with van der Waals surface area (Å²) in [6.45, 7) is 0. The summed E-state index contributed by atoms with van der Waals surface area (Å²) in [4.78, 5) is 21.4. The van der Waals surface area contributed by atoms with Crippen molar-refractivity contribution < 1.29 is 33.0 Å². The zero-order valence-corrected chi connectivity index (χ0v) is 10.6. The lowest BCUT2D eigenvalue weighted by molar-refractivity contribution is -0.145. The maximum absolute atomic E-state index is 11.1. The molecule has 1 rings (SSSR count). The third-order valence-electron chi connectivity index (χ3n) is 1.79. The summed E-state index contributed by atoms with van der Waals surface area (Å²) in [5, 5.41) is 17.8. The first-order chi connectivity index (χ1) is 8.67. The van der Waals surface area contributed by atoms with E-state index < -0.39 is 28.4 Å². The highest BCUT2D eigenvalue weighted by atomic mass is 32.2. The number of aromatic hydroxyl groups is 1. The van der Waals surface area contributed by atoms with Crippen LogP contribution < -0.4 is 9.46 Å². The Morgan fingerprint density at radius 3 is 2.53 bits per heavy atom. The number of phenols is 1. The minimum Gasteiger partial charge on any atom is -0.506 e. The van der Waals surface area contributed by atoms with Crippen LogP contribution >= 0.6 is 0 Å². The van der Waals surface area contributed by atoms with Crippen LogP contribution in [0.15, 0.2) is 18.2 Å². The summed E-state index contributed by atoms with van der Waals surface area (Å²) < 4.78 is 28.7. The molecular weight excluding hydrogens is 278 g/mol. The van der Waals surface area contributed by atoms with Crippen LogP contribution in [0.5, 0.6) is 11.5 Å². The molecule has 0 aliphatic heterocycles. The van der Waals surface area contributed by atoms with E-state index in [-0.39, 0.29) is 17.2 Å². The minimum absolute atomic E-state index is 0.0878. The average molecular weight is 289 g/mol. The van der Waals surface area contributed by atoms with Crippen molar-refractivity contribution in [1.29, 1.82) is 0 Å². The van der Waals surface area contributed by atoms with E-state index in [1.807, 2.05) is 4.72 Å². The molecule has 3 N–H and O–H groups in total. The number of anilines is 1. The largest absolute Gasteiger partial charge is 0.506 e. The Balaban J connectivity index is 2.90. The lowest BCUT2D eigenvalue weighted by Gasteiger charge is -2.08. The van der Waals surface area contributed by atoms with Gasteiger partial charge in [-0.2, -0.15) is 0 Å². The number of phenolic OH excluding ortho intramolecular Hbond substituents is 1. The predicted molar refractivity (Wildman–Crippen MR) is 64.5 cm³/mol. The molecule has 8 nitrogen and oxygen atoms in total. The molecule has 1 aromatic rings. The Kier molecular flexibility index (Phi) is 4.33. The normalized spacial score (nSPS) is 10.8. The first-order valence-electron chi connectivity index (χ1n) is 4.90. The number of carboxylic acids is 1. The third-order valence-corrected chi connectivity index (χ3v) is 2.38. The maximum atomic E-state index is 11.1. The van der Waals surface area contributed by atoms with Crippen LogP contribution in [0.3, 0.4) is 0 Å². The number of sulfonamides is 1.